The van der Waals surface area contributed by atoms with Crippen LogP contribution in [0, 0.1) is 3.95 Å². The largest absolute Gasteiger partial charge is 0.493 e. The Hall–Kier alpha value is -1.67. The highest BCUT2D eigenvalue weighted by molar-refractivity contribution is 7.73. The van der Waals surface area contributed by atoms with Gasteiger partial charge in [0.15, 0.2) is 3.95 Å². The third-order valence-electron chi connectivity index (χ3n) is 2.19. The van der Waals surface area contributed by atoms with Gasteiger partial charge in [-0.25, -0.2) is 0 Å². The minimum atomic E-state index is -4.40. The normalized spacial score (nSPS) is 12.2. The first kappa shape index (κ1) is 13.8. The van der Waals surface area contributed by atoms with Crippen LogP contribution in [0.1, 0.15) is 11.1 Å². The van der Waals surface area contributed by atoms with Crippen LogP contribution in [0.4, 0.5) is 13.2 Å². The van der Waals surface area contributed by atoms with Crippen molar-refractivity contribution < 1.29 is 18.3 Å². The summed E-state index contributed by atoms with van der Waals surface area (Å²) in [6.45, 7) is 0. The van der Waals surface area contributed by atoms with Crippen LogP contribution in [0.25, 0.3) is 0 Å². The second kappa shape index (κ2) is 5.14. The van der Waals surface area contributed by atoms with Crippen molar-refractivity contribution in [2.24, 2.45) is 5.10 Å². The first-order valence-electron chi connectivity index (χ1n) is 4.99. The molecule has 0 aliphatic rings. The van der Waals surface area contributed by atoms with Crippen molar-refractivity contribution in [3.05, 3.63) is 44.7 Å². The van der Waals surface area contributed by atoms with Gasteiger partial charge in [-0.1, -0.05) is 12.1 Å². The summed E-state index contributed by atoms with van der Waals surface area (Å²) in [6, 6.07) is 4.71. The third-order valence-corrected chi connectivity index (χ3v) is 3.36. The van der Waals surface area contributed by atoms with Crippen LogP contribution in [0.3, 0.4) is 0 Å². The number of hydrogen-bond acceptors (Lipinski definition) is 4. The van der Waals surface area contributed by atoms with Gasteiger partial charge in [-0.05, 0) is 29.9 Å². The van der Waals surface area contributed by atoms with Gasteiger partial charge in [-0.3, -0.25) is 0 Å². The molecular formula is C11H7F3N2OS2. The zero-order chi connectivity index (χ0) is 14.0. The van der Waals surface area contributed by atoms with Crippen molar-refractivity contribution in [1.82, 2.24) is 4.68 Å². The van der Waals surface area contributed by atoms with E-state index in [1.165, 1.54) is 23.7 Å². The van der Waals surface area contributed by atoms with Crippen molar-refractivity contribution >= 4 is 29.8 Å². The zero-order valence-electron chi connectivity index (χ0n) is 9.26. The molecule has 8 heteroatoms. The molecule has 3 nitrogen and oxygen atoms in total. The van der Waals surface area contributed by atoms with Crippen LogP contribution in [0.5, 0.6) is 5.88 Å². The molecule has 19 heavy (non-hydrogen) atoms. The fourth-order valence-electron chi connectivity index (χ4n) is 1.32. The van der Waals surface area contributed by atoms with Crippen molar-refractivity contribution in [1.29, 1.82) is 0 Å². The molecule has 0 amide bonds. The Labute approximate surface area is 115 Å². The van der Waals surface area contributed by atoms with E-state index in [9.17, 15) is 18.3 Å². The lowest BCUT2D eigenvalue weighted by molar-refractivity contribution is -0.137. The second-order valence-electron chi connectivity index (χ2n) is 3.54. The van der Waals surface area contributed by atoms with Crippen LogP contribution in [0.15, 0.2) is 34.7 Å². The minimum Gasteiger partial charge on any atom is -0.493 e. The van der Waals surface area contributed by atoms with Gasteiger partial charge < -0.3 is 5.11 Å². The van der Waals surface area contributed by atoms with Crippen LogP contribution < -0.4 is 0 Å². The Bertz CT molecular complexity index is 673. The van der Waals surface area contributed by atoms with Crippen LogP contribution in [-0.4, -0.2) is 16.0 Å². The summed E-state index contributed by atoms with van der Waals surface area (Å²) in [7, 11) is 0. The predicted molar refractivity (Wildman–Crippen MR) is 69.2 cm³/mol. The molecule has 0 unspecified atom stereocenters. The Balaban J connectivity index is 2.32. The molecule has 1 aromatic heterocycles. The number of aromatic hydroxyl groups is 1. The number of nitrogens with zero attached hydrogens (tertiary/aromatic N) is 2. The van der Waals surface area contributed by atoms with Gasteiger partial charge in [-0.2, -0.15) is 22.9 Å². The zero-order valence-corrected chi connectivity index (χ0v) is 10.9. The van der Waals surface area contributed by atoms with Gasteiger partial charge in [0.25, 0.3) is 0 Å². The van der Waals surface area contributed by atoms with E-state index in [0.29, 0.717) is 3.95 Å². The van der Waals surface area contributed by atoms with E-state index in [1.54, 1.807) is 0 Å². The summed E-state index contributed by atoms with van der Waals surface area (Å²) in [6.07, 6.45) is -3.19. The molecule has 1 N–H and O–H groups in total. The molecule has 0 spiro atoms. The van der Waals surface area contributed by atoms with E-state index >= 15 is 0 Å². The van der Waals surface area contributed by atoms with Gasteiger partial charge >= 0.3 is 6.18 Å². The lowest BCUT2D eigenvalue weighted by Gasteiger charge is -2.06. The maximum Gasteiger partial charge on any atom is 0.416 e. The molecule has 0 fully saturated rings. The molecule has 0 bridgehead atoms. The van der Waals surface area contributed by atoms with Gasteiger partial charge in [0, 0.05) is 0 Å². The van der Waals surface area contributed by atoms with E-state index in [0.717, 1.165) is 28.1 Å². The molecule has 2 aromatic rings. The van der Waals surface area contributed by atoms with E-state index < -0.39 is 11.7 Å². The van der Waals surface area contributed by atoms with Gasteiger partial charge in [0.2, 0.25) is 5.88 Å². The number of thiazole rings is 1. The van der Waals surface area contributed by atoms with Gasteiger partial charge in [-0.15, -0.1) is 11.3 Å². The minimum absolute atomic E-state index is 0.154. The topological polar surface area (TPSA) is 37.5 Å². The highest BCUT2D eigenvalue weighted by Crippen LogP contribution is 2.29. The highest BCUT2D eigenvalue weighted by atomic mass is 32.1. The van der Waals surface area contributed by atoms with Crippen molar-refractivity contribution in [2.45, 2.75) is 6.18 Å². The van der Waals surface area contributed by atoms with Crippen molar-refractivity contribution in [3.8, 4) is 5.88 Å². The highest BCUT2D eigenvalue weighted by Gasteiger charge is 2.30. The molecule has 1 aromatic carbocycles. The predicted octanol–water partition coefficient (Wildman–Crippen LogP) is 3.89. The molecule has 2 rings (SSSR count). The number of halogens is 3. The lowest BCUT2D eigenvalue weighted by atomic mass is 10.1. The molecule has 0 aliphatic carbocycles. The monoisotopic (exact) mass is 304 g/mol. The number of benzene rings is 1. The summed E-state index contributed by atoms with van der Waals surface area (Å²) in [4.78, 5) is 0. The summed E-state index contributed by atoms with van der Waals surface area (Å²) in [5.74, 6) is -0.154. The number of aromatic nitrogens is 1. The average Bonchev–Trinajstić information content (AvgIpc) is 2.66. The van der Waals surface area contributed by atoms with E-state index in [2.05, 4.69) is 5.10 Å². The molecule has 1 heterocycles. The van der Waals surface area contributed by atoms with E-state index in [-0.39, 0.29) is 11.4 Å². The summed E-state index contributed by atoms with van der Waals surface area (Å²) >= 11 is 6.01. The number of hydrogen-bond donors (Lipinski definition) is 1. The first-order valence-corrected chi connectivity index (χ1v) is 6.28. The second-order valence-corrected chi connectivity index (χ2v) is 5.04. The van der Waals surface area contributed by atoms with Gasteiger partial charge in [0.05, 0.1) is 17.2 Å². The van der Waals surface area contributed by atoms with Gasteiger partial charge in [0.1, 0.15) is 0 Å². The van der Waals surface area contributed by atoms with Crippen molar-refractivity contribution in [2.75, 3.05) is 0 Å². The fourth-order valence-corrected chi connectivity index (χ4v) is 2.15. The Morgan fingerprint density at radius 2 is 2.11 bits per heavy atom. The Morgan fingerprint density at radius 1 is 1.37 bits per heavy atom. The van der Waals surface area contributed by atoms with Crippen LogP contribution >= 0.6 is 23.6 Å². The maximum atomic E-state index is 12.5. The average molecular weight is 304 g/mol. The Kier molecular flexibility index (Phi) is 3.72. The molecule has 0 atom stereocenters. The SMILES string of the molecule is Oc1csc(=S)n1/N=C/c1cccc(C(F)(F)F)c1. The Morgan fingerprint density at radius 3 is 2.68 bits per heavy atom. The maximum absolute atomic E-state index is 12.5. The molecular weight excluding hydrogens is 297 g/mol. The molecule has 0 saturated heterocycles. The summed E-state index contributed by atoms with van der Waals surface area (Å²) in [5, 5.41) is 14.6. The fraction of sp³-hybridized carbons (Fsp3) is 0.0909. The molecule has 0 aliphatic heterocycles. The lowest BCUT2D eigenvalue weighted by Crippen LogP contribution is -2.05. The number of alkyl halides is 3. The van der Waals surface area contributed by atoms with E-state index in [4.69, 9.17) is 12.2 Å². The smallest absolute Gasteiger partial charge is 0.416 e. The molecule has 100 valence electrons. The quantitative estimate of drug-likeness (QED) is 0.675. The molecule has 0 saturated carbocycles. The third kappa shape index (κ3) is 3.21. The number of rotatable bonds is 2. The van der Waals surface area contributed by atoms with Crippen LogP contribution in [-0.2, 0) is 6.18 Å². The standard InChI is InChI=1S/C11H7F3N2OS2/c12-11(13,14)8-3-1-2-7(4-8)5-15-16-9(17)6-19-10(16)18/h1-6,17H/b15-5+. The summed E-state index contributed by atoms with van der Waals surface area (Å²) < 4.78 is 38.9. The van der Waals surface area contributed by atoms with Crippen LogP contribution in [0.2, 0.25) is 0 Å². The van der Waals surface area contributed by atoms with E-state index in [1.807, 2.05) is 0 Å². The van der Waals surface area contributed by atoms with Crippen molar-refractivity contribution in [3.63, 3.8) is 0 Å². The molecule has 0 radical (unpaired) electrons. The summed E-state index contributed by atoms with van der Waals surface area (Å²) in [5.41, 5.74) is -0.489. The first-order chi connectivity index (χ1) is 8.88.